The van der Waals surface area contributed by atoms with Gasteiger partial charge in [-0.3, -0.25) is 4.31 Å². The van der Waals surface area contributed by atoms with E-state index in [0.717, 1.165) is 10.6 Å². The fourth-order valence-corrected chi connectivity index (χ4v) is 3.97. The van der Waals surface area contributed by atoms with Gasteiger partial charge >= 0.3 is 5.97 Å². The third-order valence-corrected chi connectivity index (χ3v) is 6.01. The molecular formula is C19H17BrFNO5S. The quantitative estimate of drug-likeness (QED) is 0.511. The van der Waals surface area contributed by atoms with Crippen LogP contribution < -0.4 is 4.31 Å². The molecule has 1 heterocycles. The van der Waals surface area contributed by atoms with Crippen molar-refractivity contribution < 1.29 is 26.8 Å². The lowest BCUT2D eigenvalue weighted by molar-refractivity contribution is 0.0528. The number of carbonyl (C=O) groups is 1. The van der Waals surface area contributed by atoms with Crippen molar-refractivity contribution in [3.63, 3.8) is 0 Å². The van der Waals surface area contributed by atoms with Crippen molar-refractivity contribution in [2.75, 3.05) is 24.2 Å². The van der Waals surface area contributed by atoms with Crippen molar-refractivity contribution in [1.82, 2.24) is 0 Å². The third kappa shape index (κ3) is 3.77. The van der Waals surface area contributed by atoms with E-state index in [1.165, 1.54) is 37.4 Å². The second-order valence-corrected chi connectivity index (χ2v) is 8.93. The number of anilines is 1. The van der Waals surface area contributed by atoms with E-state index in [-0.39, 0.29) is 17.9 Å². The van der Waals surface area contributed by atoms with E-state index in [2.05, 4.69) is 15.9 Å². The van der Waals surface area contributed by atoms with Gasteiger partial charge < -0.3 is 9.15 Å². The maximum absolute atomic E-state index is 13.3. The molecule has 0 saturated carbocycles. The second kappa shape index (κ2) is 7.56. The fourth-order valence-electron chi connectivity index (χ4n) is 2.74. The molecule has 0 atom stereocenters. The summed E-state index contributed by atoms with van der Waals surface area (Å²) in [4.78, 5) is 12.6. The number of hydrogen-bond acceptors (Lipinski definition) is 5. The number of halogens is 2. The monoisotopic (exact) mass is 469 g/mol. The molecule has 3 aromatic rings. The number of sulfonamides is 1. The lowest BCUT2D eigenvalue weighted by atomic mass is 10.1. The van der Waals surface area contributed by atoms with E-state index in [0.29, 0.717) is 26.7 Å². The van der Waals surface area contributed by atoms with Gasteiger partial charge in [0.05, 0.1) is 18.6 Å². The highest BCUT2D eigenvalue weighted by molar-refractivity contribution is 9.10. The molecule has 2 aromatic carbocycles. The van der Waals surface area contributed by atoms with Gasteiger partial charge in [-0.1, -0.05) is 0 Å². The molecule has 0 aliphatic carbocycles. The Morgan fingerprint density at radius 2 is 1.89 bits per heavy atom. The topological polar surface area (TPSA) is 76.8 Å². The maximum Gasteiger partial charge on any atom is 0.342 e. The summed E-state index contributed by atoms with van der Waals surface area (Å²) in [7, 11) is -2.09. The van der Waals surface area contributed by atoms with Crippen molar-refractivity contribution >= 4 is 48.6 Å². The molecule has 0 aliphatic rings. The van der Waals surface area contributed by atoms with Crippen LogP contribution in [0.25, 0.3) is 22.3 Å². The van der Waals surface area contributed by atoms with Gasteiger partial charge in [0.15, 0.2) is 0 Å². The van der Waals surface area contributed by atoms with Crippen LogP contribution in [-0.2, 0) is 14.8 Å². The molecule has 3 rings (SSSR count). The lowest BCUT2D eigenvalue weighted by Gasteiger charge is -2.18. The molecule has 1 aromatic heterocycles. The normalized spacial score (nSPS) is 11.6. The molecule has 28 heavy (non-hydrogen) atoms. The number of rotatable bonds is 5. The van der Waals surface area contributed by atoms with Crippen LogP contribution in [0.3, 0.4) is 0 Å². The van der Waals surface area contributed by atoms with Crippen molar-refractivity contribution in [3.05, 3.63) is 52.3 Å². The molecule has 6 nitrogen and oxygen atoms in total. The van der Waals surface area contributed by atoms with Crippen molar-refractivity contribution in [2.24, 2.45) is 0 Å². The molecule has 0 unspecified atom stereocenters. The smallest absolute Gasteiger partial charge is 0.342 e. The Morgan fingerprint density at radius 1 is 1.25 bits per heavy atom. The summed E-state index contributed by atoms with van der Waals surface area (Å²) in [6.45, 7) is 1.86. The number of hydrogen-bond donors (Lipinski definition) is 0. The Balaban J connectivity index is 2.29. The van der Waals surface area contributed by atoms with Gasteiger partial charge in [0.1, 0.15) is 22.7 Å². The molecule has 0 N–H and O–H groups in total. The third-order valence-electron chi connectivity index (χ3n) is 4.18. The maximum atomic E-state index is 13.3. The largest absolute Gasteiger partial charge is 0.462 e. The first-order chi connectivity index (χ1) is 13.1. The number of fused-ring (bicyclic) bond motifs is 1. The predicted molar refractivity (Wildman–Crippen MR) is 109 cm³/mol. The van der Waals surface area contributed by atoms with Crippen molar-refractivity contribution in [1.29, 1.82) is 0 Å². The Hall–Kier alpha value is -2.39. The summed E-state index contributed by atoms with van der Waals surface area (Å²) in [6.07, 6.45) is 1.08. The van der Waals surface area contributed by atoms with E-state index in [1.54, 1.807) is 13.0 Å². The summed E-state index contributed by atoms with van der Waals surface area (Å²) in [5.41, 5.74) is 1.34. The summed E-state index contributed by atoms with van der Waals surface area (Å²) in [6, 6.07) is 8.64. The lowest BCUT2D eigenvalue weighted by Crippen LogP contribution is -2.25. The molecule has 0 bridgehead atoms. The Morgan fingerprint density at radius 3 is 2.46 bits per heavy atom. The highest BCUT2D eigenvalue weighted by Crippen LogP contribution is 2.39. The fraction of sp³-hybridized carbons (Fsp3) is 0.211. The number of carbonyl (C=O) groups excluding carboxylic acids is 1. The first-order valence-corrected chi connectivity index (χ1v) is 10.9. The van der Waals surface area contributed by atoms with Crippen LogP contribution in [0.1, 0.15) is 17.3 Å². The van der Waals surface area contributed by atoms with E-state index < -0.39 is 21.8 Å². The predicted octanol–water partition coefficient (Wildman–Crippen LogP) is 4.57. The van der Waals surface area contributed by atoms with Crippen LogP contribution in [0, 0.1) is 5.82 Å². The van der Waals surface area contributed by atoms with Gasteiger partial charge in [-0.15, -0.1) is 0 Å². The van der Waals surface area contributed by atoms with E-state index >= 15 is 0 Å². The van der Waals surface area contributed by atoms with Crippen LogP contribution in [0.2, 0.25) is 0 Å². The number of esters is 1. The van der Waals surface area contributed by atoms with Crippen LogP contribution in [-0.4, -0.2) is 34.3 Å². The minimum absolute atomic E-state index is 0.171. The zero-order chi connectivity index (χ0) is 20.6. The average molecular weight is 470 g/mol. The zero-order valence-electron chi connectivity index (χ0n) is 15.3. The van der Waals surface area contributed by atoms with E-state index in [9.17, 15) is 17.6 Å². The molecule has 0 fully saturated rings. The molecule has 0 amide bonds. The number of ether oxygens (including phenoxy) is 1. The number of furan rings is 1. The Kier molecular flexibility index (Phi) is 5.49. The van der Waals surface area contributed by atoms with E-state index in [1.807, 2.05) is 0 Å². The molecule has 0 aliphatic heterocycles. The van der Waals surface area contributed by atoms with Gasteiger partial charge in [-0.2, -0.15) is 0 Å². The van der Waals surface area contributed by atoms with Gasteiger partial charge in [-0.25, -0.2) is 17.6 Å². The molecule has 0 radical (unpaired) electrons. The molecule has 9 heteroatoms. The van der Waals surface area contributed by atoms with Crippen molar-refractivity contribution in [2.45, 2.75) is 6.92 Å². The summed E-state index contributed by atoms with van der Waals surface area (Å²) in [5, 5.41) is 0.454. The SMILES string of the molecule is CCOC(=O)c1c(-c2ccc(F)cc2)oc2cc(N(C)S(C)(=O)=O)c(Br)cc12. The molecule has 0 saturated heterocycles. The first kappa shape index (κ1) is 20.3. The van der Waals surface area contributed by atoms with Crippen molar-refractivity contribution in [3.8, 4) is 11.3 Å². The molecule has 148 valence electrons. The van der Waals surface area contributed by atoms with Gasteiger partial charge in [0, 0.05) is 28.5 Å². The minimum atomic E-state index is -3.50. The second-order valence-electron chi connectivity index (χ2n) is 6.06. The van der Waals surface area contributed by atoms with Gasteiger partial charge in [0.25, 0.3) is 0 Å². The molecular weight excluding hydrogens is 453 g/mol. The number of benzene rings is 2. The zero-order valence-corrected chi connectivity index (χ0v) is 17.7. The summed E-state index contributed by atoms with van der Waals surface area (Å²) >= 11 is 3.36. The van der Waals surface area contributed by atoms with E-state index in [4.69, 9.17) is 9.15 Å². The Labute approximate surface area is 170 Å². The average Bonchev–Trinajstić information content (AvgIpc) is 2.98. The standard InChI is InChI=1S/C19H17BrFNO5S/c1-4-26-19(23)17-13-9-14(20)15(22(2)28(3,24)25)10-16(13)27-18(17)11-5-7-12(21)8-6-11/h5-10H,4H2,1-3H3. The van der Waals surface area contributed by atoms with Crippen LogP contribution in [0.5, 0.6) is 0 Å². The highest BCUT2D eigenvalue weighted by atomic mass is 79.9. The minimum Gasteiger partial charge on any atom is -0.462 e. The van der Waals surface area contributed by atoms with Crippen LogP contribution in [0.4, 0.5) is 10.1 Å². The van der Waals surface area contributed by atoms with Gasteiger partial charge in [0.2, 0.25) is 10.0 Å². The van der Waals surface area contributed by atoms with Crippen LogP contribution in [0.15, 0.2) is 45.3 Å². The summed E-state index contributed by atoms with van der Waals surface area (Å²) < 4.78 is 49.7. The molecule has 0 spiro atoms. The summed E-state index contributed by atoms with van der Waals surface area (Å²) in [5.74, 6) is -0.784. The first-order valence-electron chi connectivity index (χ1n) is 8.26. The van der Waals surface area contributed by atoms with Gasteiger partial charge in [-0.05, 0) is 53.2 Å². The number of nitrogens with zero attached hydrogens (tertiary/aromatic N) is 1. The highest BCUT2D eigenvalue weighted by Gasteiger charge is 2.26. The Bertz CT molecular complexity index is 1160. The van der Waals surface area contributed by atoms with Crippen LogP contribution >= 0.6 is 15.9 Å².